The third-order valence-electron chi connectivity index (χ3n) is 2.57. The molecule has 1 fully saturated rings. The van der Waals surface area contributed by atoms with Gasteiger partial charge in [0.1, 0.15) is 0 Å². The van der Waals surface area contributed by atoms with Crippen molar-refractivity contribution in [1.82, 2.24) is 4.31 Å². The predicted octanol–water partition coefficient (Wildman–Crippen LogP) is 2.64. The van der Waals surface area contributed by atoms with Crippen molar-refractivity contribution >= 4 is 37.6 Å². The van der Waals surface area contributed by atoms with Crippen LogP contribution in [0.4, 0.5) is 0 Å². The Labute approximate surface area is 109 Å². The van der Waals surface area contributed by atoms with Crippen molar-refractivity contribution in [2.24, 2.45) is 0 Å². The van der Waals surface area contributed by atoms with Crippen molar-refractivity contribution in [3.8, 4) is 0 Å². The second-order valence-corrected chi connectivity index (χ2v) is 7.12. The fraction of sp³-hybridized carbons (Fsp3) is 0.400. The predicted molar refractivity (Wildman–Crippen MR) is 68.0 cm³/mol. The molecule has 0 unspecified atom stereocenters. The summed E-state index contributed by atoms with van der Waals surface area (Å²) in [6.07, 6.45) is 0.716. The first-order valence-corrected chi connectivity index (χ1v) is 7.69. The fourth-order valence-electron chi connectivity index (χ4n) is 1.71. The number of rotatable bonds is 2. The Morgan fingerprint density at radius 3 is 2.75 bits per heavy atom. The highest BCUT2D eigenvalue weighted by molar-refractivity contribution is 9.10. The van der Waals surface area contributed by atoms with Crippen LogP contribution in [0.2, 0.25) is 5.02 Å². The third kappa shape index (κ3) is 2.59. The second kappa shape index (κ2) is 4.64. The monoisotopic (exact) mass is 323 g/mol. The van der Waals surface area contributed by atoms with E-state index in [1.807, 2.05) is 6.07 Å². The summed E-state index contributed by atoms with van der Waals surface area (Å²) in [6, 6.07) is 5.39. The molecule has 0 N–H and O–H groups in total. The lowest BCUT2D eigenvalue weighted by atomic mass is 10.2. The molecule has 1 aromatic carbocycles. The summed E-state index contributed by atoms with van der Waals surface area (Å²) < 4.78 is 25.6. The van der Waals surface area contributed by atoms with Gasteiger partial charge in [-0.05, 0) is 24.1 Å². The van der Waals surface area contributed by atoms with E-state index in [1.165, 1.54) is 4.31 Å². The maximum atomic E-state index is 11.6. The highest BCUT2D eigenvalue weighted by Gasteiger charge is 2.28. The SMILES string of the molecule is O=S1(=O)CCCN1Cc1ccc(Cl)cc1Br. The first-order chi connectivity index (χ1) is 7.49. The molecule has 0 amide bonds. The van der Waals surface area contributed by atoms with Crippen LogP contribution in [0.5, 0.6) is 0 Å². The molecule has 0 aromatic heterocycles. The summed E-state index contributed by atoms with van der Waals surface area (Å²) in [7, 11) is -3.03. The highest BCUT2D eigenvalue weighted by Crippen LogP contribution is 2.25. The summed E-state index contributed by atoms with van der Waals surface area (Å²) in [5.74, 6) is 0.262. The molecule has 0 radical (unpaired) electrons. The Kier molecular flexibility index (Phi) is 3.59. The largest absolute Gasteiger partial charge is 0.214 e. The number of nitrogens with zero attached hydrogens (tertiary/aromatic N) is 1. The Bertz CT molecular complexity index is 504. The lowest BCUT2D eigenvalue weighted by Gasteiger charge is -2.15. The van der Waals surface area contributed by atoms with Crippen LogP contribution in [0, 0.1) is 0 Å². The molecule has 88 valence electrons. The summed E-state index contributed by atoms with van der Waals surface area (Å²) in [4.78, 5) is 0. The molecule has 1 aliphatic rings. The lowest BCUT2D eigenvalue weighted by Crippen LogP contribution is -2.25. The van der Waals surface area contributed by atoms with Gasteiger partial charge in [-0.1, -0.05) is 33.6 Å². The first kappa shape index (κ1) is 12.4. The molecule has 1 heterocycles. The van der Waals surface area contributed by atoms with Gasteiger partial charge in [-0.2, -0.15) is 4.31 Å². The normalized spacial score (nSPS) is 20.1. The van der Waals surface area contributed by atoms with E-state index in [9.17, 15) is 8.42 Å². The average Bonchev–Trinajstić information content (AvgIpc) is 2.50. The molecule has 0 saturated carbocycles. The van der Waals surface area contributed by atoms with Gasteiger partial charge >= 0.3 is 0 Å². The Hall–Kier alpha value is -0.100. The van der Waals surface area contributed by atoms with Gasteiger partial charge in [0.25, 0.3) is 0 Å². The standard InChI is InChI=1S/C10H11BrClNO2S/c11-10-6-9(12)3-2-8(10)7-13-4-1-5-16(13,14)15/h2-3,6H,1,4-5,7H2. The van der Waals surface area contributed by atoms with Gasteiger partial charge in [-0.3, -0.25) is 0 Å². The van der Waals surface area contributed by atoms with Gasteiger partial charge in [0.2, 0.25) is 10.0 Å². The topological polar surface area (TPSA) is 37.4 Å². The zero-order valence-corrected chi connectivity index (χ0v) is 11.6. The van der Waals surface area contributed by atoms with E-state index in [2.05, 4.69) is 15.9 Å². The van der Waals surface area contributed by atoms with E-state index in [0.717, 1.165) is 10.0 Å². The first-order valence-electron chi connectivity index (χ1n) is 4.91. The van der Waals surface area contributed by atoms with Crippen molar-refractivity contribution in [1.29, 1.82) is 0 Å². The van der Waals surface area contributed by atoms with Crippen molar-refractivity contribution in [2.45, 2.75) is 13.0 Å². The van der Waals surface area contributed by atoms with Gasteiger partial charge in [0.05, 0.1) is 5.75 Å². The van der Waals surface area contributed by atoms with Crippen LogP contribution >= 0.6 is 27.5 Å². The molecule has 0 bridgehead atoms. The smallest absolute Gasteiger partial charge is 0.212 e. The molecule has 1 aliphatic heterocycles. The molecular weight excluding hydrogens is 314 g/mol. The van der Waals surface area contributed by atoms with Crippen molar-refractivity contribution in [3.05, 3.63) is 33.3 Å². The van der Waals surface area contributed by atoms with Crippen LogP contribution in [0.3, 0.4) is 0 Å². The molecule has 6 heteroatoms. The molecule has 0 atom stereocenters. The van der Waals surface area contributed by atoms with Gasteiger partial charge in [0, 0.05) is 22.6 Å². The van der Waals surface area contributed by atoms with Crippen molar-refractivity contribution in [2.75, 3.05) is 12.3 Å². The van der Waals surface area contributed by atoms with Gasteiger partial charge in [-0.15, -0.1) is 0 Å². The van der Waals surface area contributed by atoms with E-state index in [1.54, 1.807) is 12.1 Å². The average molecular weight is 325 g/mol. The van der Waals surface area contributed by atoms with Gasteiger partial charge in [0.15, 0.2) is 0 Å². The van der Waals surface area contributed by atoms with Crippen molar-refractivity contribution < 1.29 is 8.42 Å². The number of sulfonamides is 1. The third-order valence-corrected chi connectivity index (χ3v) is 5.44. The van der Waals surface area contributed by atoms with E-state index in [-0.39, 0.29) is 5.75 Å². The van der Waals surface area contributed by atoms with Crippen LogP contribution < -0.4 is 0 Å². The van der Waals surface area contributed by atoms with Crippen LogP contribution in [-0.2, 0) is 16.6 Å². The molecule has 2 rings (SSSR count). The molecule has 0 aliphatic carbocycles. The molecule has 3 nitrogen and oxygen atoms in total. The highest BCUT2D eigenvalue weighted by atomic mass is 79.9. The molecule has 1 saturated heterocycles. The van der Waals surface area contributed by atoms with E-state index < -0.39 is 10.0 Å². The second-order valence-electron chi connectivity index (χ2n) is 3.74. The summed E-state index contributed by atoms with van der Waals surface area (Å²) in [6.45, 7) is 1.03. The maximum absolute atomic E-state index is 11.6. The van der Waals surface area contributed by atoms with E-state index in [0.29, 0.717) is 24.5 Å². The Balaban J connectivity index is 2.21. The van der Waals surface area contributed by atoms with Crippen LogP contribution in [-0.4, -0.2) is 25.0 Å². The number of halogens is 2. The van der Waals surface area contributed by atoms with E-state index >= 15 is 0 Å². The number of hydrogen-bond donors (Lipinski definition) is 0. The maximum Gasteiger partial charge on any atom is 0.214 e. The minimum absolute atomic E-state index is 0.262. The van der Waals surface area contributed by atoms with Crippen LogP contribution in [0.15, 0.2) is 22.7 Å². The number of benzene rings is 1. The van der Waals surface area contributed by atoms with Crippen LogP contribution in [0.1, 0.15) is 12.0 Å². The minimum atomic E-state index is -3.03. The summed E-state index contributed by atoms with van der Waals surface area (Å²) in [5.41, 5.74) is 0.940. The zero-order valence-electron chi connectivity index (χ0n) is 8.49. The molecular formula is C10H11BrClNO2S. The Morgan fingerprint density at radius 2 is 2.19 bits per heavy atom. The minimum Gasteiger partial charge on any atom is -0.212 e. The van der Waals surface area contributed by atoms with Crippen LogP contribution in [0.25, 0.3) is 0 Å². The zero-order chi connectivity index (χ0) is 11.8. The Morgan fingerprint density at radius 1 is 1.44 bits per heavy atom. The summed E-state index contributed by atoms with van der Waals surface area (Å²) >= 11 is 9.21. The van der Waals surface area contributed by atoms with E-state index in [4.69, 9.17) is 11.6 Å². The molecule has 1 aromatic rings. The lowest BCUT2D eigenvalue weighted by molar-refractivity contribution is 0.439. The summed E-state index contributed by atoms with van der Waals surface area (Å²) in [5, 5.41) is 0.639. The molecule has 0 spiro atoms. The van der Waals surface area contributed by atoms with Gasteiger partial charge in [-0.25, -0.2) is 8.42 Å². The van der Waals surface area contributed by atoms with Gasteiger partial charge < -0.3 is 0 Å². The molecule has 16 heavy (non-hydrogen) atoms. The van der Waals surface area contributed by atoms with Crippen molar-refractivity contribution in [3.63, 3.8) is 0 Å². The number of hydrogen-bond acceptors (Lipinski definition) is 2. The quantitative estimate of drug-likeness (QED) is 0.838. The fourth-order valence-corrected chi connectivity index (χ4v) is 4.01.